The van der Waals surface area contributed by atoms with Gasteiger partial charge in [-0.1, -0.05) is 37.0 Å². The lowest BCUT2D eigenvalue weighted by Crippen LogP contribution is -2.35. The molecular formula is C15H20Cl2N2O4. The number of carbonyl (C=O) groups excluding carboxylic acids is 2. The first-order chi connectivity index (χ1) is 10.8. The summed E-state index contributed by atoms with van der Waals surface area (Å²) in [5.74, 6) is 0.256. The number of hydrogen-bond donors (Lipinski definition) is 2. The maximum Gasteiger partial charge on any atom is 0.411 e. The van der Waals surface area contributed by atoms with Crippen LogP contribution in [-0.2, 0) is 9.47 Å². The van der Waals surface area contributed by atoms with Crippen molar-refractivity contribution in [3.05, 3.63) is 28.2 Å². The number of ether oxygens (including phenoxy) is 2. The topological polar surface area (TPSA) is 76.7 Å². The van der Waals surface area contributed by atoms with E-state index < -0.39 is 18.3 Å². The van der Waals surface area contributed by atoms with Crippen LogP contribution >= 0.6 is 23.2 Å². The van der Waals surface area contributed by atoms with E-state index in [0.717, 1.165) is 0 Å². The Morgan fingerprint density at radius 1 is 1.13 bits per heavy atom. The summed E-state index contributed by atoms with van der Waals surface area (Å²) in [6.45, 7) is 6.00. The van der Waals surface area contributed by atoms with Crippen LogP contribution in [0, 0.1) is 5.92 Å². The fourth-order valence-electron chi connectivity index (χ4n) is 1.47. The zero-order valence-corrected chi connectivity index (χ0v) is 14.7. The maximum atomic E-state index is 11.7. The van der Waals surface area contributed by atoms with E-state index in [9.17, 15) is 9.59 Å². The van der Waals surface area contributed by atoms with Crippen molar-refractivity contribution < 1.29 is 19.1 Å². The zero-order chi connectivity index (χ0) is 17.4. The summed E-state index contributed by atoms with van der Waals surface area (Å²) >= 11 is 11.6. The number of rotatable bonds is 6. The molecule has 128 valence electrons. The molecule has 0 spiro atoms. The molecule has 1 aromatic rings. The molecule has 2 amide bonds. The van der Waals surface area contributed by atoms with Gasteiger partial charge in [0, 0.05) is 5.69 Å². The molecule has 6 nitrogen and oxygen atoms in total. The van der Waals surface area contributed by atoms with Gasteiger partial charge in [-0.05, 0) is 31.0 Å². The van der Waals surface area contributed by atoms with Crippen LogP contribution < -0.4 is 10.6 Å². The number of hydrogen-bond acceptors (Lipinski definition) is 4. The molecule has 2 N–H and O–H groups in total. The van der Waals surface area contributed by atoms with E-state index in [1.165, 1.54) is 6.07 Å². The number of alkyl carbamates (subject to hydrolysis) is 1. The zero-order valence-electron chi connectivity index (χ0n) is 13.2. The van der Waals surface area contributed by atoms with E-state index in [4.69, 9.17) is 32.7 Å². The second-order valence-electron chi connectivity index (χ2n) is 5.34. The summed E-state index contributed by atoms with van der Waals surface area (Å²) < 4.78 is 10.0. The molecule has 8 heteroatoms. The van der Waals surface area contributed by atoms with Crippen molar-refractivity contribution >= 4 is 41.1 Å². The van der Waals surface area contributed by atoms with E-state index in [1.54, 1.807) is 19.1 Å². The molecule has 0 unspecified atom stereocenters. The van der Waals surface area contributed by atoms with E-state index in [-0.39, 0.29) is 12.5 Å². The highest BCUT2D eigenvalue weighted by molar-refractivity contribution is 6.42. The molecule has 0 saturated carbocycles. The molecule has 1 aromatic carbocycles. The first-order valence-electron chi connectivity index (χ1n) is 7.11. The van der Waals surface area contributed by atoms with Crippen molar-refractivity contribution in [2.45, 2.75) is 26.9 Å². The highest BCUT2D eigenvalue weighted by Gasteiger charge is 2.12. The Bertz CT molecular complexity index is 552. The van der Waals surface area contributed by atoms with Gasteiger partial charge in [0.2, 0.25) is 0 Å². The van der Waals surface area contributed by atoms with Gasteiger partial charge in [0.15, 0.2) is 0 Å². The van der Waals surface area contributed by atoms with E-state index in [2.05, 4.69) is 10.6 Å². The van der Waals surface area contributed by atoms with Gasteiger partial charge in [0.05, 0.1) is 23.2 Å². The lowest BCUT2D eigenvalue weighted by molar-refractivity contribution is 0.107. The number of anilines is 1. The van der Waals surface area contributed by atoms with Crippen LogP contribution in [0.25, 0.3) is 0 Å². The van der Waals surface area contributed by atoms with Crippen molar-refractivity contribution in [3.63, 3.8) is 0 Å². The molecule has 0 aliphatic heterocycles. The fraction of sp³-hybridized carbons (Fsp3) is 0.467. The van der Waals surface area contributed by atoms with Crippen LogP contribution in [0.15, 0.2) is 18.2 Å². The SMILES string of the molecule is CC(C)COC(=O)NC[C@@H](C)OC(=O)Nc1ccc(Cl)c(Cl)c1. The quantitative estimate of drug-likeness (QED) is 0.790. The van der Waals surface area contributed by atoms with Gasteiger partial charge >= 0.3 is 12.2 Å². The summed E-state index contributed by atoms with van der Waals surface area (Å²) in [4.78, 5) is 23.1. The van der Waals surface area contributed by atoms with Crippen molar-refractivity contribution in [3.8, 4) is 0 Å². The minimum Gasteiger partial charge on any atom is -0.449 e. The summed E-state index contributed by atoms with van der Waals surface area (Å²) in [6, 6.07) is 4.67. The van der Waals surface area contributed by atoms with Crippen LogP contribution in [0.2, 0.25) is 10.0 Å². The highest BCUT2D eigenvalue weighted by atomic mass is 35.5. The molecule has 0 heterocycles. The van der Waals surface area contributed by atoms with Gasteiger partial charge in [-0.15, -0.1) is 0 Å². The molecule has 0 aliphatic carbocycles. The normalized spacial score (nSPS) is 11.7. The first kappa shape index (κ1) is 19.4. The van der Waals surface area contributed by atoms with Crippen LogP contribution in [0.5, 0.6) is 0 Å². The third-order valence-corrected chi connectivity index (χ3v) is 3.29. The fourth-order valence-corrected chi connectivity index (χ4v) is 1.76. The van der Waals surface area contributed by atoms with Crippen molar-refractivity contribution in [2.75, 3.05) is 18.5 Å². The Morgan fingerprint density at radius 2 is 1.83 bits per heavy atom. The van der Waals surface area contributed by atoms with Crippen molar-refractivity contribution in [1.82, 2.24) is 5.32 Å². The molecule has 0 fully saturated rings. The Morgan fingerprint density at radius 3 is 2.43 bits per heavy atom. The molecule has 1 rings (SSSR count). The van der Waals surface area contributed by atoms with Gasteiger partial charge in [-0.25, -0.2) is 9.59 Å². The predicted molar refractivity (Wildman–Crippen MR) is 90.2 cm³/mol. The van der Waals surface area contributed by atoms with Gasteiger partial charge < -0.3 is 14.8 Å². The number of benzene rings is 1. The maximum absolute atomic E-state index is 11.7. The van der Waals surface area contributed by atoms with Gasteiger partial charge in [-0.2, -0.15) is 0 Å². The number of amides is 2. The van der Waals surface area contributed by atoms with E-state index in [1.807, 2.05) is 13.8 Å². The monoisotopic (exact) mass is 362 g/mol. The molecule has 0 radical (unpaired) electrons. The van der Waals surface area contributed by atoms with Crippen LogP contribution in [0.4, 0.5) is 15.3 Å². The second-order valence-corrected chi connectivity index (χ2v) is 6.16. The largest absolute Gasteiger partial charge is 0.449 e. The Labute approximate surface area is 145 Å². The molecule has 1 atom stereocenters. The minimum absolute atomic E-state index is 0.145. The number of halogens is 2. The standard InChI is InChI=1S/C15H20Cl2N2O4/c1-9(2)8-22-14(20)18-7-10(3)23-15(21)19-11-4-5-12(16)13(17)6-11/h4-6,9-10H,7-8H2,1-3H3,(H,18,20)(H,19,21)/t10-/m1/s1. The Hall–Kier alpha value is -1.66. The minimum atomic E-state index is -0.659. The lowest BCUT2D eigenvalue weighted by atomic mass is 10.2. The average Bonchev–Trinajstić information content (AvgIpc) is 2.46. The molecule has 0 aliphatic rings. The first-order valence-corrected chi connectivity index (χ1v) is 7.86. The second kappa shape index (κ2) is 9.47. The van der Waals surface area contributed by atoms with Crippen molar-refractivity contribution in [1.29, 1.82) is 0 Å². The molecular weight excluding hydrogens is 343 g/mol. The van der Waals surface area contributed by atoms with Crippen LogP contribution in [0.1, 0.15) is 20.8 Å². The van der Waals surface area contributed by atoms with E-state index in [0.29, 0.717) is 22.3 Å². The number of carbonyl (C=O) groups is 2. The molecule has 0 bridgehead atoms. The lowest BCUT2D eigenvalue weighted by Gasteiger charge is -2.15. The van der Waals surface area contributed by atoms with Gasteiger partial charge in [0.25, 0.3) is 0 Å². The summed E-state index contributed by atoms with van der Waals surface area (Å²) in [5.41, 5.74) is 0.459. The van der Waals surface area contributed by atoms with Gasteiger partial charge in [0.1, 0.15) is 6.10 Å². The third-order valence-electron chi connectivity index (χ3n) is 2.56. The number of nitrogens with one attached hydrogen (secondary N) is 2. The predicted octanol–water partition coefficient (Wildman–Crippen LogP) is 4.31. The van der Waals surface area contributed by atoms with Crippen LogP contribution in [0.3, 0.4) is 0 Å². The van der Waals surface area contributed by atoms with Crippen molar-refractivity contribution in [2.24, 2.45) is 5.92 Å². The Balaban J connectivity index is 2.33. The van der Waals surface area contributed by atoms with Gasteiger partial charge in [-0.3, -0.25) is 5.32 Å². The highest BCUT2D eigenvalue weighted by Crippen LogP contribution is 2.25. The molecule has 0 saturated heterocycles. The average molecular weight is 363 g/mol. The Kier molecular flexibility index (Phi) is 7.98. The van der Waals surface area contributed by atoms with E-state index >= 15 is 0 Å². The molecule has 0 aromatic heterocycles. The summed E-state index contributed by atoms with van der Waals surface area (Å²) in [6.07, 6.45) is -1.73. The molecule has 23 heavy (non-hydrogen) atoms. The smallest absolute Gasteiger partial charge is 0.411 e. The third kappa shape index (κ3) is 7.95. The van der Waals surface area contributed by atoms with Crippen LogP contribution in [-0.4, -0.2) is 31.4 Å². The summed E-state index contributed by atoms with van der Waals surface area (Å²) in [5, 5.41) is 5.76. The summed E-state index contributed by atoms with van der Waals surface area (Å²) in [7, 11) is 0.